The van der Waals surface area contributed by atoms with Crippen LogP contribution in [-0.4, -0.2) is 73.0 Å². The molecule has 0 radical (unpaired) electrons. The van der Waals surface area contributed by atoms with Crippen molar-refractivity contribution in [2.45, 2.75) is 117 Å². The second-order valence-corrected chi connectivity index (χ2v) is 32.5. The van der Waals surface area contributed by atoms with Crippen LogP contribution in [0.15, 0.2) is 308 Å². The number of rotatable bonds is 10. The second kappa shape index (κ2) is 27.2. The molecular weight excluding hydrogens is 1390 g/mol. The minimum atomic E-state index is -0.476. The highest BCUT2D eigenvalue weighted by Gasteiger charge is 2.64. The maximum absolute atomic E-state index is 6.53. The average molecular weight is 1480 g/mol. The number of fused-ring (bicyclic) bond motifs is 10. The Morgan fingerprint density at radius 3 is 0.880 bits per heavy atom. The lowest BCUT2D eigenvalue weighted by Crippen LogP contribution is -2.41. The summed E-state index contributed by atoms with van der Waals surface area (Å²) in [5.74, 6) is 0. The molecule has 0 unspecified atom stereocenters. The molecule has 0 spiro atoms. The lowest BCUT2D eigenvalue weighted by atomic mass is 9.49. The van der Waals surface area contributed by atoms with Gasteiger partial charge in [-0.25, -0.2) is 0 Å². The number of nitrogens with zero attached hydrogens (tertiary/aromatic N) is 4. The molecule has 3 saturated heterocycles. The SMILES string of the molecule is Brc1ccc2c(c1)c1ccc3c(c(-c4ccccc4)c(-c4ccccc4)n3-c3ccccc3)c1n2-c1ccccc1.CC1(C)OB(B2OC(C)(C)C(C)(C)O2)OC1(C)C.CC1(C)OB(c2ccc3c(c2)c2ccc4c(c(-c5ccccc5)c(-c5ccccc5)n4-c4ccccc4)c2n3-c2ccccc2)OC1(C)C. The molecule has 4 aromatic heterocycles. The third-order valence-corrected chi connectivity index (χ3v) is 23.8. The van der Waals surface area contributed by atoms with Gasteiger partial charge in [-0.05, 0) is 196 Å². The Labute approximate surface area is 641 Å². The van der Waals surface area contributed by atoms with Gasteiger partial charge in [0.05, 0.1) is 78.1 Å². The van der Waals surface area contributed by atoms with Gasteiger partial charge in [-0.15, -0.1) is 0 Å². The molecule has 0 bridgehead atoms. The van der Waals surface area contributed by atoms with Crippen molar-refractivity contribution >= 4 is 108 Å². The van der Waals surface area contributed by atoms with Gasteiger partial charge in [-0.1, -0.05) is 234 Å². The first kappa shape index (κ1) is 70.7. The Morgan fingerprint density at radius 2 is 0.537 bits per heavy atom. The molecule has 19 rings (SSSR count). The molecule has 7 heterocycles. The standard InChI is InChI=1S/C44H37BN2O2.C38H25BrN2.C12H24B2O4/c1-43(2)44(3,4)49-45(48-43)32-25-27-37-36(29-32)35-26-28-38-40(42(35)46(37)33-21-13-7-14-22-33)39(30-17-9-5-10-18-30)41(31-19-11-6-12-20-31)47(38)34-23-15-8-16-24-34;39-28-21-23-33-32(25-28)31-22-24-34-36(38(31)40(33)29-17-9-3-10-18-29)35(26-13-5-1-6-14-26)37(27-15-7-2-8-16-27)41(34)30-19-11-4-12-20-30;1-9(2)10(3,4)16-13(15-9)14-17-11(5,6)12(7,8)18-14/h5-29H,1-4H3;1-25H;1-8H3. The lowest BCUT2D eigenvalue weighted by Gasteiger charge is -2.32. The fraction of sp³-hybridized carbons (Fsp3) is 0.191. The highest BCUT2D eigenvalue weighted by Crippen LogP contribution is 2.52. The van der Waals surface area contributed by atoms with Gasteiger partial charge in [0.2, 0.25) is 0 Å². The molecular formula is C94H86B3BrN4O6. The molecule has 108 heavy (non-hydrogen) atoms. The van der Waals surface area contributed by atoms with Crippen molar-refractivity contribution in [3.05, 3.63) is 308 Å². The van der Waals surface area contributed by atoms with E-state index in [0.29, 0.717) is 0 Å². The predicted molar refractivity (Wildman–Crippen MR) is 453 cm³/mol. The summed E-state index contributed by atoms with van der Waals surface area (Å²) in [6, 6.07) is 109. The van der Waals surface area contributed by atoms with Gasteiger partial charge in [0.15, 0.2) is 0 Å². The summed E-state index contributed by atoms with van der Waals surface area (Å²) in [6.07, 6.45) is 0. The number of hydrogen-bond donors (Lipinski definition) is 0. The van der Waals surface area contributed by atoms with Crippen LogP contribution in [0.1, 0.15) is 83.1 Å². The van der Waals surface area contributed by atoms with E-state index < -0.39 is 32.3 Å². The molecule has 3 aliphatic rings. The molecule has 16 aromatic rings. The van der Waals surface area contributed by atoms with E-state index in [2.05, 4.69) is 365 Å². The Morgan fingerprint density at radius 1 is 0.259 bits per heavy atom. The molecule has 14 heteroatoms. The molecule has 0 atom stereocenters. The van der Waals surface area contributed by atoms with Crippen LogP contribution in [0.3, 0.4) is 0 Å². The number of benzene rings is 12. The van der Waals surface area contributed by atoms with Gasteiger partial charge in [-0.3, -0.25) is 0 Å². The average Bonchev–Trinajstić information content (AvgIpc) is 1.54. The first-order valence-electron chi connectivity index (χ1n) is 37.5. The molecule has 0 aliphatic carbocycles. The summed E-state index contributed by atoms with van der Waals surface area (Å²) >= 11 is 3.75. The van der Waals surface area contributed by atoms with Gasteiger partial charge in [0.25, 0.3) is 0 Å². The number of para-hydroxylation sites is 4. The van der Waals surface area contributed by atoms with Gasteiger partial charge in [0.1, 0.15) is 0 Å². The largest absolute Gasteiger partial charge is 0.494 e. The molecule has 534 valence electrons. The molecule has 12 aromatic carbocycles. The first-order valence-corrected chi connectivity index (χ1v) is 38.3. The quantitative estimate of drug-likeness (QED) is 0.127. The van der Waals surface area contributed by atoms with Gasteiger partial charge < -0.3 is 46.2 Å². The Balaban J connectivity index is 0.000000130. The summed E-state index contributed by atoms with van der Waals surface area (Å²) < 4.78 is 47.8. The molecule has 0 amide bonds. The van der Waals surface area contributed by atoms with Crippen molar-refractivity contribution in [2.75, 3.05) is 0 Å². The van der Waals surface area contributed by atoms with Crippen molar-refractivity contribution < 1.29 is 27.9 Å². The number of hydrogen-bond acceptors (Lipinski definition) is 6. The zero-order chi connectivity index (χ0) is 74.7. The van der Waals surface area contributed by atoms with Crippen molar-refractivity contribution in [3.8, 4) is 67.5 Å². The van der Waals surface area contributed by atoms with E-state index in [1.165, 1.54) is 99.2 Å². The molecule has 0 N–H and O–H groups in total. The molecule has 10 nitrogen and oxygen atoms in total. The van der Waals surface area contributed by atoms with Crippen LogP contribution in [0.4, 0.5) is 0 Å². The van der Waals surface area contributed by atoms with E-state index >= 15 is 0 Å². The zero-order valence-electron chi connectivity index (χ0n) is 63.2. The maximum Gasteiger partial charge on any atom is 0.494 e. The minimum Gasteiger partial charge on any atom is -0.405 e. The summed E-state index contributed by atoms with van der Waals surface area (Å²) in [7, 11) is -1.40. The van der Waals surface area contributed by atoms with Gasteiger partial charge in [-0.2, -0.15) is 0 Å². The Hall–Kier alpha value is -10.2. The predicted octanol–water partition coefficient (Wildman–Crippen LogP) is 23.4. The van der Waals surface area contributed by atoms with Crippen LogP contribution < -0.4 is 5.46 Å². The maximum atomic E-state index is 6.53. The van der Waals surface area contributed by atoms with E-state index in [4.69, 9.17) is 27.9 Å². The third-order valence-electron chi connectivity index (χ3n) is 23.3. The fourth-order valence-electron chi connectivity index (χ4n) is 15.8. The lowest BCUT2D eigenvalue weighted by molar-refractivity contribution is 0.00578. The van der Waals surface area contributed by atoms with Gasteiger partial charge in [0, 0.05) is 70.7 Å². The Bertz CT molecular complexity index is 5940. The van der Waals surface area contributed by atoms with Crippen LogP contribution >= 0.6 is 15.9 Å². The summed E-state index contributed by atoms with van der Waals surface area (Å²) in [5, 5.41) is 7.27. The van der Waals surface area contributed by atoms with Crippen molar-refractivity contribution in [2.24, 2.45) is 0 Å². The van der Waals surface area contributed by atoms with E-state index in [1.54, 1.807) is 0 Å². The van der Waals surface area contributed by atoms with Crippen LogP contribution in [0.2, 0.25) is 0 Å². The minimum absolute atomic E-state index is 0.360. The smallest absolute Gasteiger partial charge is 0.405 e. The normalized spacial score (nSPS) is 16.7. The highest BCUT2D eigenvalue weighted by molar-refractivity contribution is 9.10. The Kier molecular flexibility index (Phi) is 17.8. The second-order valence-electron chi connectivity index (χ2n) is 31.6. The van der Waals surface area contributed by atoms with Crippen molar-refractivity contribution in [1.82, 2.24) is 18.3 Å². The first-order chi connectivity index (χ1) is 52.0. The summed E-state index contributed by atoms with van der Waals surface area (Å²) in [4.78, 5) is 0. The fourth-order valence-corrected chi connectivity index (χ4v) is 16.1. The third kappa shape index (κ3) is 12.1. The van der Waals surface area contributed by atoms with Crippen LogP contribution in [0, 0.1) is 0 Å². The topological polar surface area (TPSA) is 75.1 Å². The monoisotopic (exact) mass is 1480 g/mol. The van der Waals surface area contributed by atoms with Crippen LogP contribution in [0.5, 0.6) is 0 Å². The zero-order valence-corrected chi connectivity index (χ0v) is 64.8. The van der Waals surface area contributed by atoms with Crippen molar-refractivity contribution in [1.29, 1.82) is 0 Å². The molecule has 3 aliphatic heterocycles. The van der Waals surface area contributed by atoms with Crippen molar-refractivity contribution in [3.63, 3.8) is 0 Å². The summed E-state index contributed by atoms with van der Waals surface area (Å²) in [6.45, 7) is 24.6. The van der Waals surface area contributed by atoms with Gasteiger partial charge >= 0.3 is 21.1 Å². The molecule has 3 fully saturated rings. The van der Waals surface area contributed by atoms with Crippen LogP contribution in [-0.2, 0) is 27.9 Å². The van der Waals surface area contributed by atoms with E-state index in [1.807, 2.05) is 55.4 Å². The molecule has 0 saturated carbocycles. The highest BCUT2D eigenvalue weighted by atomic mass is 79.9. The van der Waals surface area contributed by atoms with E-state index in [9.17, 15) is 0 Å². The van der Waals surface area contributed by atoms with Crippen LogP contribution in [0.25, 0.3) is 133 Å². The van der Waals surface area contributed by atoms with E-state index in [0.717, 1.165) is 43.7 Å². The number of aromatic nitrogens is 4. The summed E-state index contributed by atoms with van der Waals surface area (Å²) in [5.41, 5.74) is 19.9. The van der Waals surface area contributed by atoms with E-state index in [-0.39, 0.29) is 22.4 Å². The number of halogens is 1.